The van der Waals surface area contributed by atoms with Gasteiger partial charge in [-0.2, -0.15) is 0 Å². The van der Waals surface area contributed by atoms with Gasteiger partial charge in [0, 0.05) is 40.2 Å². The molecule has 0 aromatic rings. The Bertz CT molecular complexity index is 78.0. The maximum Gasteiger partial charge on any atom is 0.414 e. The molecule has 8 heavy (non-hydrogen) atoms. The molecule has 4 nitrogen and oxygen atoms in total. The van der Waals surface area contributed by atoms with Gasteiger partial charge in [-0.05, 0) is 0 Å². The quantitative estimate of drug-likeness (QED) is 0.449. The first kappa shape index (κ1) is 15.7. The van der Waals surface area contributed by atoms with Gasteiger partial charge in [-0.1, -0.05) is 0 Å². The van der Waals surface area contributed by atoms with Crippen LogP contribution in [0.5, 0.6) is 0 Å². The van der Waals surface area contributed by atoms with Gasteiger partial charge in [-0.25, -0.2) is 9.59 Å². The van der Waals surface area contributed by atoms with E-state index in [1.165, 1.54) is 0 Å². The van der Waals surface area contributed by atoms with Crippen LogP contribution >= 0.6 is 0 Å². The molecule has 0 spiro atoms. The Morgan fingerprint density at radius 1 is 0.875 bits per heavy atom. The van der Waals surface area contributed by atoms with Crippen molar-refractivity contribution in [2.75, 3.05) is 0 Å². The normalized spacial score (nSPS) is 5.50. The summed E-state index contributed by atoms with van der Waals surface area (Å²) < 4.78 is 0. The van der Waals surface area contributed by atoms with E-state index in [2.05, 4.69) is 0 Å². The molecule has 0 rings (SSSR count). The predicted molar refractivity (Wildman–Crippen MR) is 15.3 cm³/mol. The molecule has 0 bridgehead atoms. The summed E-state index contributed by atoms with van der Waals surface area (Å²) >= 11 is 0. The second-order valence-corrected chi connectivity index (χ2v) is 0.610. The Kier molecular flexibility index (Phi) is 14.2. The zero-order valence-electron chi connectivity index (χ0n) is 3.38. The van der Waals surface area contributed by atoms with E-state index < -0.39 is 11.9 Å². The summed E-state index contributed by atoms with van der Waals surface area (Å²) in [5.41, 5.74) is 0. The predicted octanol–water partition coefficient (Wildman–Crippen LogP) is -0.849. The van der Waals surface area contributed by atoms with Crippen LogP contribution in [0.25, 0.3) is 0 Å². The molecule has 0 aromatic heterocycles. The Morgan fingerprint density at radius 3 is 1.00 bits per heavy atom. The molecule has 2 radical (unpaired) electrons. The minimum absolute atomic E-state index is 0. The van der Waals surface area contributed by atoms with E-state index in [0.717, 1.165) is 0 Å². The second-order valence-electron chi connectivity index (χ2n) is 0.610. The SMILES string of the molecule is O=C(O)C(=O)O.[Ir].[Ir]. The van der Waals surface area contributed by atoms with Crippen LogP contribution in [-0.4, -0.2) is 22.2 Å². The summed E-state index contributed by atoms with van der Waals surface area (Å²) in [7, 11) is 0. The van der Waals surface area contributed by atoms with E-state index in [1.54, 1.807) is 0 Å². The molecule has 0 aliphatic heterocycles. The molecule has 0 atom stereocenters. The number of carboxylic acids is 2. The molecular formula is C2H2Ir2O4. The van der Waals surface area contributed by atoms with Crippen molar-refractivity contribution in [3.63, 3.8) is 0 Å². The molecule has 0 aromatic carbocycles. The van der Waals surface area contributed by atoms with Crippen molar-refractivity contribution >= 4 is 11.9 Å². The van der Waals surface area contributed by atoms with Gasteiger partial charge in [0.1, 0.15) is 0 Å². The average Bonchev–Trinajstić information content (AvgIpc) is 1.36. The van der Waals surface area contributed by atoms with E-state index in [-0.39, 0.29) is 40.2 Å². The third kappa shape index (κ3) is 9.53. The Morgan fingerprint density at radius 2 is 1.00 bits per heavy atom. The first-order chi connectivity index (χ1) is 2.64. The molecule has 0 heterocycles. The minimum Gasteiger partial charge on any atom is -0.473 e. The summed E-state index contributed by atoms with van der Waals surface area (Å²) in [6.45, 7) is 0. The average molecular weight is 474 g/mol. The van der Waals surface area contributed by atoms with E-state index in [1.807, 2.05) is 0 Å². The van der Waals surface area contributed by atoms with Crippen LogP contribution in [0.2, 0.25) is 0 Å². The molecule has 0 aliphatic carbocycles. The van der Waals surface area contributed by atoms with Crippen LogP contribution in [0, 0.1) is 0 Å². The smallest absolute Gasteiger partial charge is 0.414 e. The third-order valence-electron chi connectivity index (χ3n) is 0.183. The zero-order valence-corrected chi connectivity index (χ0v) is 8.17. The number of carboxylic acid groups (broad SMARTS) is 2. The summed E-state index contributed by atoms with van der Waals surface area (Å²) in [6, 6.07) is 0. The summed E-state index contributed by atoms with van der Waals surface area (Å²) in [6.07, 6.45) is 0. The molecule has 0 amide bonds. The molecule has 6 heteroatoms. The fraction of sp³-hybridized carbons (Fsp3) is 0. The van der Waals surface area contributed by atoms with Gasteiger partial charge in [0.25, 0.3) is 0 Å². The van der Waals surface area contributed by atoms with Crippen LogP contribution in [0.4, 0.5) is 0 Å². The van der Waals surface area contributed by atoms with Crippen molar-refractivity contribution in [2.24, 2.45) is 0 Å². The van der Waals surface area contributed by atoms with Crippen LogP contribution in [0.15, 0.2) is 0 Å². The van der Waals surface area contributed by atoms with E-state index >= 15 is 0 Å². The number of rotatable bonds is 0. The monoisotopic (exact) mass is 476 g/mol. The Hall–Kier alpha value is 0.239. The van der Waals surface area contributed by atoms with Gasteiger partial charge < -0.3 is 10.2 Å². The number of aliphatic carboxylic acids is 2. The van der Waals surface area contributed by atoms with Crippen LogP contribution < -0.4 is 0 Å². The van der Waals surface area contributed by atoms with Gasteiger partial charge in [-0.3, -0.25) is 0 Å². The second kappa shape index (κ2) is 7.24. The van der Waals surface area contributed by atoms with Crippen molar-refractivity contribution in [2.45, 2.75) is 0 Å². The molecule has 0 aliphatic rings. The Labute approximate surface area is 72.0 Å². The molecule has 0 unspecified atom stereocenters. The number of hydrogen-bond donors (Lipinski definition) is 2. The molecule has 0 saturated heterocycles. The molecule has 2 N–H and O–H groups in total. The van der Waals surface area contributed by atoms with Gasteiger partial charge in [0.05, 0.1) is 0 Å². The maximum atomic E-state index is 9.10. The van der Waals surface area contributed by atoms with E-state index in [0.29, 0.717) is 0 Å². The van der Waals surface area contributed by atoms with Gasteiger partial charge in [0.15, 0.2) is 0 Å². The standard InChI is InChI=1S/C2H2O4.2Ir/c3-1(4)2(5)6;;/h(H,3,4)(H,5,6);;. The molecular weight excluding hydrogens is 472 g/mol. The largest absolute Gasteiger partial charge is 0.473 e. The van der Waals surface area contributed by atoms with E-state index in [9.17, 15) is 0 Å². The molecule has 52 valence electrons. The summed E-state index contributed by atoms with van der Waals surface area (Å²) in [5.74, 6) is -3.65. The van der Waals surface area contributed by atoms with Gasteiger partial charge in [0.2, 0.25) is 0 Å². The van der Waals surface area contributed by atoms with Crippen LogP contribution in [0.1, 0.15) is 0 Å². The fourth-order valence-corrected chi connectivity index (χ4v) is 0. The van der Waals surface area contributed by atoms with Crippen molar-refractivity contribution < 1.29 is 60.0 Å². The summed E-state index contributed by atoms with van der Waals surface area (Å²) in [4.78, 5) is 18.2. The summed E-state index contributed by atoms with van der Waals surface area (Å²) in [5, 5.41) is 14.8. The Balaban J connectivity index is -0.000000125. The first-order valence-corrected chi connectivity index (χ1v) is 1.11. The van der Waals surface area contributed by atoms with Crippen molar-refractivity contribution in [3.8, 4) is 0 Å². The van der Waals surface area contributed by atoms with Crippen LogP contribution in [-0.2, 0) is 49.8 Å². The van der Waals surface area contributed by atoms with Crippen molar-refractivity contribution in [1.82, 2.24) is 0 Å². The fourth-order valence-electron chi connectivity index (χ4n) is 0. The van der Waals surface area contributed by atoms with Gasteiger partial charge >= 0.3 is 11.9 Å². The maximum absolute atomic E-state index is 9.10. The molecule has 0 fully saturated rings. The van der Waals surface area contributed by atoms with Crippen molar-refractivity contribution in [3.05, 3.63) is 0 Å². The zero-order chi connectivity index (χ0) is 5.15. The molecule has 0 saturated carbocycles. The third-order valence-corrected chi connectivity index (χ3v) is 0.183. The minimum atomic E-state index is -1.82. The number of carbonyl (C=O) groups is 2. The van der Waals surface area contributed by atoms with Crippen LogP contribution in [0.3, 0.4) is 0 Å². The first-order valence-electron chi connectivity index (χ1n) is 1.11. The van der Waals surface area contributed by atoms with Gasteiger partial charge in [-0.15, -0.1) is 0 Å². The van der Waals surface area contributed by atoms with E-state index in [4.69, 9.17) is 19.8 Å². The van der Waals surface area contributed by atoms with Crippen molar-refractivity contribution in [1.29, 1.82) is 0 Å². The number of hydrogen-bond acceptors (Lipinski definition) is 2. The topological polar surface area (TPSA) is 74.6 Å².